The van der Waals surface area contributed by atoms with Gasteiger partial charge in [0, 0.05) is 5.38 Å². The van der Waals surface area contributed by atoms with E-state index >= 15 is 0 Å². The van der Waals surface area contributed by atoms with E-state index in [-0.39, 0.29) is 0 Å². The largest absolute Gasteiger partial charge is 0.480 e. The first-order chi connectivity index (χ1) is 5.11. The number of aromatic nitrogens is 1. The summed E-state index contributed by atoms with van der Waals surface area (Å²) in [6, 6.07) is -0.986. The van der Waals surface area contributed by atoms with Crippen molar-refractivity contribution < 1.29 is 9.90 Å². The molecule has 11 heavy (non-hydrogen) atoms. The van der Waals surface area contributed by atoms with Crippen LogP contribution in [0.25, 0.3) is 0 Å². The Kier molecular flexibility index (Phi) is 2.21. The molecule has 0 bridgehead atoms. The highest BCUT2D eigenvalue weighted by Gasteiger charge is 2.16. The predicted octanol–water partition coefficient (Wildman–Crippen LogP) is 0.536. The van der Waals surface area contributed by atoms with E-state index in [0.29, 0.717) is 5.69 Å². The Bertz CT molecular complexity index is 271. The monoisotopic (exact) mass is 172 g/mol. The summed E-state index contributed by atoms with van der Waals surface area (Å²) in [7, 11) is 0. The van der Waals surface area contributed by atoms with E-state index in [1.54, 1.807) is 5.38 Å². The third-order valence-electron chi connectivity index (χ3n) is 1.22. The first-order valence-corrected chi connectivity index (χ1v) is 3.89. The van der Waals surface area contributed by atoms with Crippen molar-refractivity contribution in [1.29, 1.82) is 0 Å². The van der Waals surface area contributed by atoms with Crippen LogP contribution in [0.2, 0.25) is 0 Å². The fourth-order valence-corrected chi connectivity index (χ4v) is 1.30. The Morgan fingerprint density at radius 2 is 2.55 bits per heavy atom. The molecule has 0 aromatic carbocycles. The van der Waals surface area contributed by atoms with Gasteiger partial charge in [-0.1, -0.05) is 0 Å². The Morgan fingerprint density at radius 1 is 1.91 bits per heavy atom. The highest BCUT2D eigenvalue weighted by Crippen LogP contribution is 2.13. The van der Waals surface area contributed by atoms with Gasteiger partial charge in [-0.05, 0) is 6.92 Å². The number of hydrogen-bond acceptors (Lipinski definition) is 4. The van der Waals surface area contributed by atoms with Crippen LogP contribution in [0.4, 0.5) is 0 Å². The maximum absolute atomic E-state index is 10.3. The second kappa shape index (κ2) is 2.98. The molecule has 0 aliphatic carbocycles. The number of hydrogen-bond donors (Lipinski definition) is 2. The zero-order valence-electron chi connectivity index (χ0n) is 5.94. The van der Waals surface area contributed by atoms with Crippen molar-refractivity contribution in [2.75, 3.05) is 0 Å². The molecule has 1 aromatic rings. The molecule has 0 saturated carbocycles. The van der Waals surface area contributed by atoms with Gasteiger partial charge in [0.25, 0.3) is 0 Å². The molecule has 1 heterocycles. The lowest BCUT2D eigenvalue weighted by Crippen LogP contribution is -2.20. The second-order valence-electron chi connectivity index (χ2n) is 2.11. The van der Waals surface area contributed by atoms with Crippen LogP contribution in [0.5, 0.6) is 0 Å². The predicted molar refractivity (Wildman–Crippen MR) is 41.4 cm³/mol. The number of carboxylic acids is 1. The van der Waals surface area contributed by atoms with Crippen molar-refractivity contribution in [2.24, 2.45) is 5.73 Å². The van der Waals surface area contributed by atoms with Crippen molar-refractivity contribution in [1.82, 2.24) is 4.98 Å². The maximum Gasteiger partial charge on any atom is 0.326 e. The number of aliphatic carboxylic acids is 1. The maximum atomic E-state index is 10.3. The number of aryl methyl sites for hydroxylation is 1. The van der Waals surface area contributed by atoms with E-state index in [1.807, 2.05) is 6.92 Å². The molecular formula is C6H8N2O2S. The number of carboxylic acid groups (broad SMARTS) is 1. The first-order valence-electron chi connectivity index (χ1n) is 3.01. The zero-order chi connectivity index (χ0) is 8.43. The topological polar surface area (TPSA) is 76.2 Å². The summed E-state index contributed by atoms with van der Waals surface area (Å²) in [5.41, 5.74) is 5.73. The smallest absolute Gasteiger partial charge is 0.326 e. The summed E-state index contributed by atoms with van der Waals surface area (Å²) in [4.78, 5) is 14.3. The van der Waals surface area contributed by atoms with E-state index in [0.717, 1.165) is 5.01 Å². The van der Waals surface area contributed by atoms with Gasteiger partial charge < -0.3 is 10.8 Å². The van der Waals surface area contributed by atoms with E-state index in [1.165, 1.54) is 11.3 Å². The summed E-state index contributed by atoms with van der Waals surface area (Å²) in [6.07, 6.45) is 0. The summed E-state index contributed by atoms with van der Waals surface area (Å²) in [5.74, 6) is -1.05. The number of carbonyl (C=O) groups is 1. The van der Waals surface area contributed by atoms with E-state index in [2.05, 4.69) is 4.98 Å². The van der Waals surface area contributed by atoms with Gasteiger partial charge in [0.2, 0.25) is 0 Å². The van der Waals surface area contributed by atoms with Crippen molar-refractivity contribution in [3.63, 3.8) is 0 Å². The van der Waals surface area contributed by atoms with E-state index in [4.69, 9.17) is 10.8 Å². The van der Waals surface area contributed by atoms with Crippen LogP contribution in [0.1, 0.15) is 16.7 Å². The molecule has 1 rings (SSSR count). The first kappa shape index (κ1) is 8.16. The van der Waals surface area contributed by atoms with Crippen LogP contribution >= 0.6 is 11.3 Å². The van der Waals surface area contributed by atoms with E-state index < -0.39 is 12.0 Å². The normalized spacial score (nSPS) is 12.9. The summed E-state index contributed by atoms with van der Waals surface area (Å²) in [6.45, 7) is 1.81. The van der Waals surface area contributed by atoms with Gasteiger partial charge in [-0.3, -0.25) is 4.79 Å². The molecule has 0 fully saturated rings. The molecule has 3 N–H and O–H groups in total. The van der Waals surface area contributed by atoms with Crippen molar-refractivity contribution in [3.8, 4) is 0 Å². The minimum Gasteiger partial charge on any atom is -0.480 e. The zero-order valence-corrected chi connectivity index (χ0v) is 6.76. The van der Waals surface area contributed by atoms with Gasteiger partial charge >= 0.3 is 5.97 Å². The molecule has 0 unspecified atom stereocenters. The fourth-order valence-electron chi connectivity index (χ4n) is 0.650. The van der Waals surface area contributed by atoms with Gasteiger partial charge in [-0.25, -0.2) is 4.98 Å². The molecule has 1 atom stereocenters. The Balaban J connectivity index is 2.84. The molecule has 0 spiro atoms. The Labute approximate surface area is 67.7 Å². The minimum absolute atomic E-state index is 0.431. The third-order valence-corrected chi connectivity index (χ3v) is 2.01. The number of nitrogens with zero attached hydrogens (tertiary/aromatic N) is 1. The third kappa shape index (κ3) is 1.75. The summed E-state index contributed by atoms with van der Waals surface area (Å²) >= 11 is 1.40. The fraction of sp³-hybridized carbons (Fsp3) is 0.333. The molecule has 1 aromatic heterocycles. The average Bonchev–Trinajstić information content (AvgIpc) is 2.34. The van der Waals surface area contributed by atoms with Crippen molar-refractivity contribution >= 4 is 17.3 Å². The molecule has 0 amide bonds. The number of thiazole rings is 1. The van der Waals surface area contributed by atoms with Gasteiger partial charge in [-0.2, -0.15) is 0 Å². The molecule has 0 saturated heterocycles. The van der Waals surface area contributed by atoms with Gasteiger partial charge in [0.15, 0.2) is 0 Å². The summed E-state index contributed by atoms with van der Waals surface area (Å²) < 4.78 is 0. The quantitative estimate of drug-likeness (QED) is 0.682. The molecule has 60 valence electrons. The lowest BCUT2D eigenvalue weighted by atomic mass is 10.2. The van der Waals surface area contributed by atoms with Crippen LogP contribution < -0.4 is 5.73 Å². The lowest BCUT2D eigenvalue weighted by molar-refractivity contribution is -0.138. The Hall–Kier alpha value is -0.940. The van der Waals surface area contributed by atoms with Crippen LogP contribution in [-0.2, 0) is 4.79 Å². The highest BCUT2D eigenvalue weighted by atomic mass is 32.1. The van der Waals surface area contributed by atoms with Crippen LogP contribution in [0.3, 0.4) is 0 Å². The molecule has 0 aliphatic heterocycles. The van der Waals surface area contributed by atoms with Crippen molar-refractivity contribution in [2.45, 2.75) is 13.0 Å². The van der Waals surface area contributed by atoms with Crippen LogP contribution in [0.15, 0.2) is 5.38 Å². The van der Waals surface area contributed by atoms with Gasteiger partial charge in [-0.15, -0.1) is 11.3 Å². The molecule has 0 radical (unpaired) electrons. The number of rotatable bonds is 2. The molecule has 5 heteroatoms. The summed E-state index contributed by atoms with van der Waals surface area (Å²) in [5, 5.41) is 11.0. The molecule has 0 aliphatic rings. The highest BCUT2D eigenvalue weighted by molar-refractivity contribution is 7.09. The van der Waals surface area contributed by atoms with E-state index in [9.17, 15) is 4.79 Å². The lowest BCUT2D eigenvalue weighted by Gasteiger charge is -1.99. The van der Waals surface area contributed by atoms with Crippen molar-refractivity contribution in [3.05, 3.63) is 16.1 Å². The minimum atomic E-state index is -1.05. The van der Waals surface area contributed by atoms with Crippen LogP contribution in [0, 0.1) is 6.92 Å². The SMILES string of the molecule is Cc1nc([C@H](N)C(=O)O)cs1. The molecular weight excluding hydrogens is 164 g/mol. The molecule has 4 nitrogen and oxygen atoms in total. The Morgan fingerprint density at radius 3 is 2.91 bits per heavy atom. The standard InChI is InChI=1S/C6H8N2O2S/c1-3-8-4(2-11-3)5(7)6(9)10/h2,5H,7H2,1H3,(H,9,10)/t5-/m0/s1. The number of nitrogens with two attached hydrogens (primary N) is 1. The van der Waals surface area contributed by atoms with Gasteiger partial charge in [0.05, 0.1) is 10.7 Å². The van der Waals surface area contributed by atoms with Gasteiger partial charge in [0.1, 0.15) is 6.04 Å². The second-order valence-corrected chi connectivity index (χ2v) is 3.17. The van der Waals surface area contributed by atoms with Crippen LogP contribution in [-0.4, -0.2) is 16.1 Å². The average molecular weight is 172 g/mol.